The molecule has 4 rings (SSSR count). The molecule has 2 heterocycles. The molecule has 2 amide bonds. The first kappa shape index (κ1) is 18.5. The maximum absolute atomic E-state index is 12.5. The maximum atomic E-state index is 12.5. The molecule has 28 heavy (non-hydrogen) atoms. The molecule has 2 aromatic carbocycles. The van der Waals surface area contributed by atoms with Crippen molar-refractivity contribution < 1.29 is 9.59 Å². The highest BCUT2D eigenvalue weighted by Gasteiger charge is 2.30. The van der Waals surface area contributed by atoms with Crippen LogP contribution in [-0.4, -0.2) is 35.8 Å². The summed E-state index contributed by atoms with van der Waals surface area (Å²) in [7, 11) is 0. The summed E-state index contributed by atoms with van der Waals surface area (Å²) in [4.78, 5) is 25.8. The Labute approximate surface area is 166 Å². The monoisotopic (exact) mass is 374 g/mol. The van der Waals surface area contributed by atoms with E-state index in [0.29, 0.717) is 0 Å². The molecule has 144 valence electrons. The normalized spacial score (nSPS) is 19.7. The second-order valence-electron chi connectivity index (χ2n) is 7.73. The van der Waals surface area contributed by atoms with Gasteiger partial charge in [-0.15, -0.1) is 0 Å². The predicted octanol–water partition coefficient (Wildman–Crippen LogP) is 3.72. The third-order valence-corrected chi connectivity index (χ3v) is 5.84. The van der Waals surface area contributed by atoms with Crippen LogP contribution >= 0.6 is 0 Å². The van der Waals surface area contributed by atoms with Crippen molar-refractivity contribution in [3.05, 3.63) is 71.3 Å². The Morgan fingerprint density at radius 3 is 2.29 bits per heavy atom. The van der Waals surface area contributed by atoms with E-state index in [9.17, 15) is 9.59 Å². The number of rotatable bonds is 3. The minimum absolute atomic E-state index is 0.0807. The van der Waals surface area contributed by atoms with E-state index < -0.39 is 0 Å². The molecule has 0 spiro atoms. The number of carbonyl (C=O) groups excluding carboxylic acids is 2. The number of likely N-dealkylation sites (tertiary alicyclic amines) is 1. The molecule has 0 aliphatic carbocycles. The fourth-order valence-electron chi connectivity index (χ4n) is 4.23. The number of piperidine rings is 1. The van der Waals surface area contributed by atoms with Gasteiger partial charge in [0, 0.05) is 31.6 Å². The average molecular weight is 374 g/mol. The van der Waals surface area contributed by atoms with Crippen molar-refractivity contribution in [2.75, 3.05) is 13.1 Å². The molecule has 2 aliphatic heterocycles. The summed E-state index contributed by atoms with van der Waals surface area (Å²) in [5.74, 6) is 0.203. The summed E-state index contributed by atoms with van der Waals surface area (Å²) in [6.45, 7) is 3.07. The van der Waals surface area contributed by atoms with Crippen LogP contribution in [0.25, 0.3) is 11.1 Å². The number of benzene rings is 2. The maximum Gasteiger partial charge on any atom is 0.247 e. The lowest BCUT2D eigenvalue weighted by Gasteiger charge is -2.28. The number of nitrogens with one attached hydrogen (secondary N) is 1. The van der Waals surface area contributed by atoms with Gasteiger partial charge in [0.25, 0.3) is 0 Å². The fraction of sp³-hybridized carbons (Fsp3) is 0.333. The minimum Gasteiger partial charge on any atom is -0.349 e. The summed E-state index contributed by atoms with van der Waals surface area (Å²) in [6, 6.07) is 19.1. The van der Waals surface area contributed by atoms with E-state index in [0.717, 1.165) is 44.3 Å². The molecule has 2 saturated heterocycles. The highest BCUT2D eigenvalue weighted by atomic mass is 16.2. The van der Waals surface area contributed by atoms with E-state index in [-0.39, 0.29) is 17.9 Å². The van der Waals surface area contributed by atoms with Gasteiger partial charge in [-0.25, -0.2) is 0 Å². The van der Waals surface area contributed by atoms with Crippen molar-refractivity contribution in [1.29, 1.82) is 0 Å². The number of hydrogen-bond acceptors (Lipinski definition) is 2. The Bertz CT molecular complexity index is 890. The highest BCUT2D eigenvalue weighted by molar-refractivity contribution is 5.97. The second kappa shape index (κ2) is 8.01. The van der Waals surface area contributed by atoms with Crippen LogP contribution in [0.5, 0.6) is 0 Å². The smallest absolute Gasteiger partial charge is 0.247 e. The zero-order valence-corrected chi connectivity index (χ0v) is 16.3. The van der Waals surface area contributed by atoms with Crippen molar-refractivity contribution >= 4 is 11.8 Å². The van der Waals surface area contributed by atoms with Gasteiger partial charge in [0.15, 0.2) is 0 Å². The van der Waals surface area contributed by atoms with Gasteiger partial charge in [0.2, 0.25) is 11.8 Å². The average Bonchev–Trinajstić information content (AvgIpc) is 3.09. The zero-order chi connectivity index (χ0) is 19.5. The van der Waals surface area contributed by atoms with Crippen molar-refractivity contribution in [3.8, 4) is 11.1 Å². The second-order valence-corrected chi connectivity index (χ2v) is 7.73. The van der Waals surface area contributed by atoms with Crippen molar-refractivity contribution in [2.24, 2.45) is 0 Å². The minimum atomic E-state index is 0.0807. The van der Waals surface area contributed by atoms with Crippen LogP contribution in [0.3, 0.4) is 0 Å². The molecular weight excluding hydrogens is 348 g/mol. The molecular formula is C24H26N2O2. The van der Waals surface area contributed by atoms with Gasteiger partial charge in [0.05, 0.1) is 0 Å². The van der Waals surface area contributed by atoms with Gasteiger partial charge >= 0.3 is 0 Å². The third-order valence-electron chi connectivity index (χ3n) is 5.84. The van der Waals surface area contributed by atoms with Crippen LogP contribution < -0.4 is 5.32 Å². The Morgan fingerprint density at radius 2 is 1.64 bits per heavy atom. The van der Waals surface area contributed by atoms with Crippen LogP contribution in [0.1, 0.15) is 31.7 Å². The number of amides is 2. The van der Waals surface area contributed by atoms with E-state index in [2.05, 4.69) is 41.7 Å². The summed E-state index contributed by atoms with van der Waals surface area (Å²) in [5, 5.41) is 3.15. The van der Waals surface area contributed by atoms with Gasteiger partial charge in [-0.05, 0) is 42.4 Å². The zero-order valence-electron chi connectivity index (χ0n) is 16.3. The molecule has 0 radical (unpaired) electrons. The molecule has 4 heteroatoms. The molecule has 0 saturated carbocycles. The Morgan fingerprint density at radius 1 is 1.00 bits per heavy atom. The molecule has 1 N–H and O–H groups in total. The van der Waals surface area contributed by atoms with Crippen molar-refractivity contribution in [3.63, 3.8) is 0 Å². The van der Waals surface area contributed by atoms with E-state index >= 15 is 0 Å². The van der Waals surface area contributed by atoms with Gasteiger partial charge in [0.1, 0.15) is 0 Å². The fourth-order valence-corrected chi connectivity index (χ4v) is 4.23. The molecule has 1 atom stereocenters. The SMILES string of the molecule is CC(=O)N1CCC(=C2CC(Cc3ccc(-c4ccccc4)cc3)NC2=O)CC1. The van der Waals surface area contributed by atoms with Gasteiger partial charge < -0.3 is 10.2 Å². The van der Waals surface area contributed by atoms with Gasteiger partial charge in [-0.1, -0.05) is 60.2 Å². The van der Waals surface area contributed by atoms with E-state index in [1.807, 2.05) is 23.1 Å². The lowest BCUT2D eigenvalue weighted by atomic mass is 9.94. The number of carbonyl (C=O) groups is 2. The molecule has 2 aliphatic rings. The largest absolute Gasteiger partial charge is 0.349 e. The lowest BCUT2D eigenvalue weighted by Crippen LogP contribution is -2.35. The van der Waals surface area contributed by atoms with E-state index in [1.165, 1.54) is 22.3 Å². The predicted molar refractivity (Wildman–Crippen MR) is 111 cm³/mol. The highest BCUT2D eigenvalue weighted by Crippen LogP contribution is 2.28. The van der Waals surface area contributed by atoms with E-state index in [1.54, 1.807) is 6.92 Å². The Balaban J connectivity index is 1.40. The molecule has 2 fully saturated rings. The summed E-state index contributed by atoms with van der Waals surface area (Å²) >= 11 is 0. The third kappa shape index (κ3) is 4.01. The lowest BCUT2D eigenvalue weighted by molar-refractivity contribution is -0.129. The van der Waals surface area contributed by atoms with Gasteiger partial charge in [-0.2, -0.15) is 0 Å². The molecule has 2 aromatic rings. The first-order chi connectivity index (χ1) is 13.6. The van der Waals surface area contributed by atoms with Crippen LogP contribution in [0, 0.1) is 0 Å². The topological polar surface area (TPSA) is 49.4 Å². The van der Waals surface area contributed by atoms with Crippen LogP contribution in [0.4, 0.5) is 0 Å². The van der Waals surface area contributed by atoms with Crippen LogP contribution in [0.15, 0.2) is 65.7 Å². The summed E-state index contributed by atoms with van der Waals surface area (Å²) in [6.07, 6.45) is 3.27. The first-order valence-corrected chi connectivity index (χ1v) is 10.0. The van der Waals surface area contributed by atoms with Crippen molar-refractivity contribution in [2.45, 2.75) is 38.6 Å². The summed E-state index contributed by atoms with van der Waals surface area (Å²) < 4.78 is 0. The molecule has 0 bridgehead atoms. The van der Waals surface area contributed by atoms with Crippen LogP contribution in [-0.2, 0) is 16.0 Å². The Kier molecular flexibility index (Phi) is 5.29. The quantitative estimate of drug-likeness (QED) is 0.833. The van der Waals surface area contributed by atoms with Gasteiger partial charge in [-0.3, -0.25) is 9.59 Å². The first-order valence-electron chi connectivity index (χ1n) is 10.0. The summed E-state index contributed by atoms with van der Waals surface area (Å²) in [5.41, 5.74) is 5.85. The number of hydrogen-bond donors (Lipinski definition) is 1. The molecule has 1 unspecified atom stereocenters. The van der Waals surface area contributed by atoms with Crippen molar-refractivity contribution in [1.82, 2.24) is 10.2 Å². The molecule has 4 nitrogen and oxygen atoms in total. The number of nitrogens with zero attached hydrogens (tertiary/aromatic N) is 1. The molecule has 0 aromatic heterocycles. The van der Waals surface area contributed by atoms with Crippen LogP contribution in [0.2, 0.25) is 0 Å². The Hall–Kier alpha value is -2.88. The van der Waals surface area contributed by atoms with E-state index in [4.69, 9.17) is 0 Å². The standard InChI is InChI=1S/C24H26N2O2/c1-17(27)26-13-11-21(12-14-26)23-16-22(25-24(23)28)15-18-7-9-20(10-8-18)19-5-3-2-4-6-19/h2-10,22H,11-16H2,1H3,(H,25,28).